The second kappa shape index (κ2) is 17.3. The van der Waals surface area contributed by atoms with E-state index in [4.69, 9.17) is 25.2 Å². The lowest BCUT2D eigenvalue weighted by molar-refractivity contribution is -0.282. The number of aliphatic hydroxyl groups excluding tert-OH is 1. The first-order chi connectivity index (χ1) is 20.7. The molecule has 10 nitrogen and oxygen atoms in total. The summed E-state index contributed by atoms with van der Waals surface area (Å²) in [7, 11) is 0. The Balaban J connectivity index is 1.71. The molecule has 3 rings (SSSR count). The highest BCUT2D eigenvalue weighted by atomic mass is 16.7. The lowest BCUT2D eigenvalue weighted by Gasteiger charge is -2.44. The van der Waals surface area contributed by atoms with Crippen LogP contribution in [0, 0.1) is 0 Å². The van der Waals surface area contributed by atoms with E-state index < -0.39 is 36.6 Å². The molecule has 2 aromatic rings. The molecular formula is C32H46N2O8. The van der Waals surface area contributed by atoms with E-state index in [2.05, 4.69) is 10.8 Å². The molecule has 2 aromatic carbocycles. The van der Waals surface area contributed by atoms with E-state index >= 15 is 0 Å². The van der Waals surface area contributed by atoms with E-state index in [-0.39, 0.29) is 51.1 Å². The van der Waals surface area contributed by atoms with Gasteiger partial charge in [0, 0.05) is 20.8 Å². The van der Waals surface area contributed by atoms with Gasteiger partial charge >= 0.3 is 5.97 Å². The second-order valence-electron chi connectivity index (χ2n) is 11.2. The predicted molar refractivity (Wildman–Crippen MR) is 157 cm³/mol. The van der Waals surface area contributed by atoms with Crippen LogP contribution in [0.4, 0.5) is 0 Å². The number of rotatable bonds is 16. The molecule has 0 aliphatic carbocycles. The van der Waals surface area contributed by atoms with Gasteiger partial charge in [0.05, 0.1) is 18.8 Å². The number of benzene rings is 2. The second-order valence-corrected chi connectivity index (χ2v) is 11.2. The Hall–Kier alpha value is -2.86. The zero-order valence-corrected chi connectivity index (χ0v) is 24.8. The van der Waals surface area contributed by atoms with Crippen molar-refractivity contribution >= 4 is 11.9 Å². The standard InChI is InChI=1S/C32H46N2O8/c1-5-13-26(35)34-28-30(39-20-23-14-8-6-9-15-23)29(37)25(41-31(28)40-21-24-16-10-7-11-17-24)22-38-27(36)18-12-19-33-42-32(2,3)4/h6-11,14-17,25,28-31,33,37H,5,12-13,18-22H2,1-4H3,(H,34,35)/t25-,28-,29-,30-,31?/m1/s1/i1D. The zero-order chi connectivity index (χ0) is 31.1. The van der Waals surface area contributed by atoms with Crippen molar-refractivity contribution < 1.29 is 39.9 Å². The summed E-state index contributed by atoms with van der Waals surface area (Å²) in [5.41, 5.74) is 4.28. The van der Waals surface area contributed by atoms with Gasteiger partial charge < -0.3 is 29.4 Å². The van der Waals surface area contributed by atoms with Crippen LogP contribution < -0.4 is 10.8 Å². The number of aliphatic hydroxyl groups is 1. The van der Waals surface area contributed by atoms with E-state index in [1.807, 2.05) is 81.4 Å². The predicted octanol–water partition coefficient (Wildman–Crippen LogP) is 3.80. The van der Waals surface area contributed by atoms with Crippen LogP contribution in [-0.4, -0.2) is 66.4 Å². The Morgan fingerprint density at radius 1 is 0.976 bits per heavy atom. The monoisotopic (exact) mass is 587 g/mol. The summed E-state index contributed by atoms with van der Waals surface area (Å²) in [6, 6.07) is 18.1. The quantitative estimate of drug-likeness (QED) is 0.153. The molecule has 10 heteroatoms. The third kappa shape index (κ3) is 11.8. The molecule has 42 heavy (non-hydrogen) atoms. The Kier molecular flexibility index (Phi) is 13.2. The largest absolute Gasteiger partial charge is 0.463 e. The maximum atomic E-state index is 12.8. The van der Waals surface area contributed by atoms with Crippen molar-refractivity contribution in [2.24, 2.45) is 0 Å². The van der Waals surface area contributed by atoms with E-state index in [1.165, 1.54) is 0 Å². The highest BCUT2D eigenvalue weighted by molar-refractivity contribution is 5.76. The third-order valence-corrected chi connectivity index (χ3v) is 6.39. The van der Waals surface area contributed by atoms with Gasteiger partial charge in [-0.15, -0.1) is 0 Å². The van der Waals surface area contributed by atoms with E-state index in [1.54, 1.807) is 0 Å². The average Bonchev–Trinajstić information content (AvgIpc) is 2.99. The van der Waals surface area contributed by atoms with Gasteiger partial charge in [0.15, 0.2) is 6.29 Å². The van der Waals surface area contributed by atoms with Crippen molar-refractivity contribution in [1.82, 2.24) is 10.8 Å². The maximum Gasteiger partial charge on any atom is 0.305 e. The molecule has 0 saturated carbocycles. The number of carbonyl (C=O) groups is 2. The maximum absolute atomic E-state index is 12.8. The van der Waals surface area contributed by atoms with Gasteiger partial charge in [-0.2, -0.15) is 0 Å². The van der Waals surface area contributed by atoms with Gasteiger partial charge in [0.2, 0.25) is 5.91 Å². The molecule has 1 heterocycles. The van der Waals surface area contributed by atoms with Crippen molar-refractivity contribution in [2.75, 3.05) is 13.2 Å². The first kappa shape index (κ1) is 32.1. The number of amides is 1. The molecule has 232 valence electrons. The van der Waals surface area contributed by atoms with Gasteiger partial charge in [-0.1, -0.05) is 67.6 Å². The minimum atomic E-state index is -1.24. The molecule has 1 aliphatic heterocycles. The number of hydrogen-bond donors (Lipinski definition) is 3. The molecule has 3 N–H and O–H groups in total. The topological polar surface area (TPSA) is 125 Å². The van der Waals surface area contributed by atoms with Crippen LogP contribution in [-0.2, 0) is 46.6 Å². The molecular weight excluding hydrogens is 540 g/mol. The number of hydrogen-bond acceptors (Lipinski definition) is 9. The molecule has 0 aromatic heterocycles. The zero-order valence-electron chi connectivity index (χ0n) is 25.8. The molecule has 5 atom stereocenters. The minimum Gasteiger partial charge on any atom is -0.463 e. The fourth-order valence-electron chi connectivity index (χ4n) is 4.31. The van der Waals surface area contributed by atoms with Gasteiger partial charge in [-0.25, -0.2) is 5.48 Å². The molecule has 0 spiro atoms. The summed E-state index contributed by atoms with van der Waals surface area (Å²) in [4.78, 5) is 30.7. The summed E-state index contributed by atoms with van der Waals surface area (Å²) in [5.74, 6) is -0.744. The van der Waals surface area contributed by atoms with Crippen molar-refractivity contribution in [1.29, 1.82) is 0 Å². The molecule has 1 fully saturated rings. The summed E-state index contributed by atoms with van der Waals surface area (Å²) in [6.07, 6.45) is -2.96. The fraction of sp³-hybridized carbons (Fsp3) is 0.562. The minimum absolute atomic E-state index is 0.117. The van der Waals surface area contributed by atoms with Crippen LogP contribution in [0.1, 0.15) is 65.9 Å². The van der Waals surface area contributed by atoms with Crippen LogP contribution in [0.5, 0.6) is 0 Å². The SMILES string of the molecule is [2H]CCCC(=O)N[C@H]1C(OCc2ccccc2)O[C@H](COC(=O)CCCNOC(C)(C)C)[C@@H](O)[C@@H]1OCc1ccccc1. The van der Waals surface area contributed by atoms with Gasteiger partial charge in [0.25, 0.3) is 0 Å². The Bertz CT molecular complexity index is 1090. The Labute approximate surface area is 250 Å². The Morgan fingerprint density at radius 3 is 2.24 bits per heavy atom. The van der Waals surface area contributed by atoms with Crippen molar-refractivity contribution in [3.05, 3.63) is 71.8 Å². The lowest BCUT2D eigenvalue weighted by Crippen LogP contribution is -2.65. The van der Waals surface area contributed by atoms with Crippen LogP contribution in [0.25, 0.3) is 0 Å². The first-order valence-electron chi connectivity index (χ1n) is 15.2. The smallest absolute Gasteiger partial charge is 0.305 e. The summed E-state index contributed by atoms with van der Waals surface area (Å²) >= 11 is 0. The van der Waals surface area contributed by atoms with E-state index in [0.29, 0.717) is 19.4 Å². The number of esters is 1. The van der Waals surface area contributed by atoms with Crippen molar-refractivity contribution in [3.63, 3.8) is 0 Å². The van der Waals surface area contributed by atoms with Crippen LogP contribution in [0.2, 0.25) is 0 Å². The molecule has 0 radical (unpaired) electrons. The average molecular weight is 588 g/mol. The summed E-state index contributed by atoms with van der Waals surface area (Å²) < 4.78 is 31.4. The fourth-order valence-corrected chi connectivity index (χ4v) is 4.31. The van der Waals surface area contributed by atoms with Crippen LogP contribution >= 0.6 is 0 Å². The normalized spacial score (nSPS) is 22.8. The lowest BCUT2D eigenvalue weighted by atomic mass is 9.96. The van der Waals surface area contributed by atoms with Crippen molar-refractivity contribution in [2.45, 2.75) is 103 Å². The van der Waals surface area contributed by atoms with E-state index in [9.17, 15) is 14.7 Å². The van der Waals surface area contributed by atoms with Gasteiger partial charge in [-0.3, -0.25) is 14.4 Å². The van der Waals surface area contributed by atoms with Crippen LogP contribution in [0.15, 0.2) is 60.7 Å². The van der Waals surface area contributed by atoms with Gasteiger partial charge in [-0.05, 0) is 44.7 Å². The van der Waals surface area contributed by atoms with Crippen molar-refractivity contribution in [3.8, 4) is 0 Å². The number of ether oxygens (including phenoxy) is 4. The highest BCUT2D eigenvalue weighted by Crippen LogP contribution is 2.27. The van der Waals surface area contributed by atoms with Crippen LogP contribution in [0.3, 0.4) is 0 Å². The highest BCUT2D eigenvalue weighted by Gasteiger charge is 2.47. The number of hydroxylamine groups is 1. The molecule has 1 unspecified atom stereocenters. The van der Waals surface area contributed by atoms with Gasteiger partial charge in [0.1, 0.15) is 31.0 Å². The summed E-state index contributed by atoms with van der Waals surface area (Å²) in [6.45, 7) is 6.49. The Morgan fingerprint density at radius 2 is 1.62 bits per heavy atom. The third-order valence-electron chi connectivity index (χ3n) is 6.39. The molecule has 1 saturated heterocycles. The number of carbonyl (C=O) groups excluding carboxylic acids is 2. The molecule has 1 aliphatic rings. The molecule has 0 bridgehead atoms. The number of nitrogens with one attached hydrogen (secondary N) is 2. The first-order valence-corrected chi connectivity index (χ1v) is 14.5. The van der Waals surface area contributed by atoms with E-state index in [0.717, 1.165) is 11.1 Å². The summed E-state index contributed by atoms with van der Waals surface area (Å²) in [5, 5.41) is 14.3. The molecule has 1 amide bonds.